The highest BCUT2D eigenvalue weighted by atomic mass is 16.3. The van der Waals surface area contributed by atoms with Crippen molar-refractivity contribution in [3.8, 4) is 0 Å². The van der Waals surface area contributed by atoms with Crippen LogP contribution in [0.4, 0.5) is 5.82 Å². The largest absolute Gasteiger partial charge is 0.390 e. The van der Waals surface area contributed by atoms with Gasteiger partial charge >= 0.3 is 0 Å². The van der Waals surface area contributed by atoms with Crippen LogP contribution in [0.5, 0.6) is 0 Å². The van der Waals surface area contributed by atoms with Crippen LogP contribution in [0.25, 0.3) is 0 Å². The van der Waals surface area contributed by atoms with E-state index in [4.69, 9.17) is 0 Å². The number of rotatable bonds is 3. The molecule has 1 N–H and O–H groups in total. The van der Waals surface area contributed by atoms with Crippen LogP contribution in [0.15, 0.2) is 12.3 Å². The smallest absolute Gasteiger partial charge is 0.151 e. The predicted octanol–water partition coefficient (Wildman–Crippen LogP) is 1.78. The number of nitrogens with zero attached hydrogens (tertiary/aromatic N) is 3. The normalized spacial score (nSPS) is 19.4. The zero-order chi connectivity index (χ0) is 12.3. The molecule has 2 rings (SSSR count). The Morgan fingerprint density at radius 1 is 1.35 bits per heavy atom. The van der Waals surface area contributed by atoms with Gasteiger partial charge in [0, 0.05) is 13.1 Å². The lowest BCUT2D eigenvalue weighted by Gasteiger charge is -2.38. The van der Waals surface area contributed by atoms with Gasteiger partial charge in [0.15, 0.2) is 5.82 Å². The van der Waals surface area contributed by atoms with Crippen molar-refractivity contribution in [3.05, 3.63) is 17.8 Å². The average Bonchev–Trinajstić information content (AvgIpc) is 2.40. The minimum atomic E-state index is -0.466. The van der Waals surface area contributed by atoms with Crippen molar-refractivity contribution in [3.63, 3.8) is 0 Å². The number of anilines is 1. The van der Waals surface area contributed by atoms with Gasteiger partial charge in [0.25, 0.3) is 0 Å². The molecule has 1 aromatic heterocycles. The number of aromatic nitrogens is 2. The zero-order valence-electron chi connectivity index (χ0n) is 10.7. The topological polar surface area (TPSA) is 49.2 Å². The second-order valence-electron chi connectivity index (χ2n) is 4.84. The summed E-state index contributed by atoms with van der Waals surface area (Å²) in [4.78, 5) is 2.22. The minimum absolute atomic E-state index is 0.466. The Labute approximate surface area is 103 Å². The Bertz CT molecular complexity index is 373. The van der Waals surface area contributed by atoms with Crippen LogP contribution in [0.3, 0.4) is 0 Å². The molecule has 1 aromatic rings. The number of hydrogen-bond donors (Lipinski definition) is 1. The third kappa shape index (κ3) is 2.75. The third-order valence-electron chi connectivity index (χ3n) is 3.78. The second-order valence-corrected chi connectivity index (χ2v) is 4.84. The lowest BCUT2D eigenvalue weighted by molar-refractivity contribution is 0.0124. The maximum atomic E-state index is 10.2. The van der Waals surface area contributed by atoms with Gasteiger partial charge in [-0.25, -0.2) is 0 Å². The molecule has 1 aliphatic rings. The summed E-state index contributed by atoms with van der Waals surface area (Å²) in [6, 6.07) is 2.10. The Morgan fingerprint density at radius 3 is 2.65 bits per heavy atom. The lowest BCUT2D eigenvalue weighted by atomic mass is 9.89. The van der Waals surface area contributed by atoms with Gasteiger partial charge in [-0.15, -0.1) is 5.10 Å². The first kappa shape index (κ1) is 12.3. The molecular formula is C13H21N3O. The van der Waals surface area contributed by atoms with E-state index in [1.54, 1.807) is 0 Å². The molecule has 2 heterocycles. The van der Waals surface area contributed by atoms with Crippen molar-refractivity contribution >= 4 is 5.82 Å². The van der Waals surface area contributed by atoms with Crippen LogP contribution in [0.1, 0.15) is 38.7 Å². The van der Waals surface area contributed by atoms with E-state index < -0.39 is 5.60 Å². The molecule has 0 aromatic carbocycles. The van der Waals surface area contributed by atoms with E-state index in [0.717, 1.165) is 44.6 Å². The molecule has 0 atom stereocenters. The molecule has 0 spiro atoms. The molecule has 0 saturated carbocycles. The highest BCUT2D eigenvalue weighted by Gasteiger charge is 2.30. The van der Waals surface area contributed by atoms with E-state index in [-0.39, 0.29) is 0 Å². The molecule has 94 valence electrons. The van der Waals surface area contributed by atoms with Crippen LogP contribution in [0, 0.1) is 0 Å². The van der Waals surface area contributed by atoms with E-state index in [1.807, 2.05) is 13.1 Å². The standard InChI is InChI=1S/C13H21N3O/c1-3-11-9-12(15-14-10-11)16-7-5-13(17,4-2)6-8-16/h9-10,17H,3-8H2,1-2H3. The predicted molar refractivity (Wildman–Crippen MR) is 68.1 cm³/mol. The molecule has 0 bridgehead atoms. The Kier molecular flexibility index (Phi) is 3.62. The second kappa shape index (κ2) is 5.00. The van der Waals surface area contributed by atoms with Crippen molar-refractivity contribution < 1.29 is 5.11 Å². The summed E-state index contributed by atoms with van der Waals surface area (Å²) in [6.45, 7) is 5.90. The quantitative estimate of drug-likeness (QED) is 0.867. The van der Waals surface area contributed by atoms with Crippen molar-refractivity contribution in [1.82, 2.24) is 10.2 Å². The van der Waals surface area contributed by atoms with Crippen molar-refractivity contribution in [2.45, 2.75) is 45.1 Å². The fraction of sp³-hybridized carbons (Fsp3) is 0.692. The SMILES string of the molecule is CCc1cnnc(N2CCC(O)(CC)CC2)c1. The Morgan fingerprint density at radius 2 is 2.06 bits per heavy atom. The first-order chi connectivity index (χ1) is 8.17. The molecule has 4 heteroatoms. The molecular weight excluding hydrogens is 214 g/mol. The third-order valence-corrected chi connectivity index (χ3v) is 3.78. The Balaban J connectivity index is 2.05. The summed E-state index contributed by atoms with van der Waals surface area (Å²) in [5.74, 6) is 0.947. The van der Waals surface area contributed by atoms with Gasteiger partial charge in [0.05, 0.1) is 11.8 Å². The van der Waals surface area contributed by atoms with E-state index in [0.29, 0.717) is 0 Å². The van der Waals surface area contributed by atoms with Gasteiger partial charge in [-0.3, -0.25) is 0 Å². The van der Waals surface area contributed by atoms with E-state index >= 15 is 0 Å². The highest BCUT2D eigenvalue weighted by molar-refractivity contribution is 5.40. The van der Waals surface area contributed by atoms with Gasteiger partial charge < -0.3 is 10.0 Å². The highest BCUT2D eigenvalue weighted by Crippen LogP contribution is 2.27. The first-order valence-corrected chi connectivity index (χ1v) is 6.46. The molecule has 1 saturated heterocycles. The van der Waals surface area contributed by atoms with Gasteiger partial charge in [-0.05, 0) is 37.3 Å². The molecule has 0 unspecified atom stereocenters. The summed E-state index contributed by atoms with van der Waals surface area (Å²) < 4.78 is 0. The summed E-state index contributed by atoms with van der Waals surface area (Å²) in [5, 5.41) is 18.4. The van der Waals surface area contributed by atoms with Gasteiger partial charge in [0.2, 0.25) is 0 Å². The van der Waals surface area contributed by atoms with Crippen LogP contribution in [-0.4, -0.2) is 34.0 Å². The Hall–Kier alpha value is -1.16. The summed E-state index contributed by atoms with van der Waals surface area (Å²) in [6.07, 6.45) is 5.27. The molecule has 4 nitrogen and oxygen atoms in total. The summed E-state index contributed by atoms with van der Waals surface area (Å²) in [5.41, 5.74) is 0.748. The van der Waals surface area contributed by atoms with Crippen LogP contribution < -0.4 is 4.90 Å². The summed E-state index contributed by atoms with van der Waals surface area (Å²) in [7, 11) is 0. The van der Waals surface area contributed by atoms with Crippen LogP contribution in [0.2, 0.25) is 0 Å². The van der Waals surface area contributed by atoms with Crippen molar-refractivity contribution in [2.75, 3.05) is 18.0 Å². The molecule has 0 amide bonds. The number of piperidine rings is 1. The molecule has 1 fully saturated rings. The van der Waals surface area contributed by atoms with E-state index in [9.17, 15) is 5.11 Å². The molecule has 0 aliphatic carbocycles. The molecule has 17 heavy (non-hydrogen) atoms. The summed E-state index contributed by atoms with van der Waals surface area (Å²) >= 11 is 0. The number of hydrogen-bond acceptors (Lipinski definition) is 4. The van der Waals surface area contributed by atoms with E-state index in [1.165, 1.54) is 5.56 Å². The molecule has 1 aliphatic heterocycles. The van der Waals surface area contributed by atoms with E-state index in [2.05, 4.69) is 28.1 Å². The molecule has 0 radical (unpaired) electrons. The zero-order valence-corrected chi connectivity index (χ0v) is 10.7. The van der Waals surface area contributed by atoms with Gasteiger partial charge in [-0.2, -0.15) is 5.10 Å². The lowest BCUT2D eigenvalue weighted by Crippen LogP contribution is -2.44. The van der Waals surface area contributed by atoms with Gasteiger partial charge in [-0.1, -0.05) is 13.8 Å². The fourth-order valence-corrected chi connectivity index (χ4v) is 2.25. The fourth-order valence-electron chi connectivity index (χ4n) is 2.25. The van der Waals surface area contributed by atoms with Gasteiger partial charge in [0.1, 0.15) is 0 Å². The van der Waals surface area contributed by atoms with Crippen LogP contribution >= 0.6 is 0 Å². The maximum Gasteiger partial charge on any atom is 0.151 e. The maximum absolute atomic E-state index is 10.2. The van der Waals surface area contributed by atoms with Crippen molar-refractivity contribution in [2.24, 2.45) is 0 Å². The minimum Gasteiger partial charge on any atom is -0.390 e. The van der Waals surface area contributed by atoms with Crippen molar-refractivity contribution in [1.29, 1.82) is 0 Å². The first-order valence-electron chi connectivity index (χ1n) is 6.46. The van der Waals surface area contributed by atoms with Crippen LogP contribution in [-0.2, 0) is 6.42 Å². The monoisotopic (exact) mass is 235 g/mol. The number of aliphatic hydroxyl groups is 1. The average molecular weight is 235 g/mol. The number of aryl methyl sites for hydroxylation is 1.